The molecule has 136 valence electrons. The molecule has 5 nitrogen and oxygen atoms in total. The summed E-state index contributed by atoms with van der Waals surface area (Å²) in [5.74, 6) is 0.264. The quantitative estimate of drug-likeness (QED) is 0.845. The molecule has 1 aromatic rings. The second-order valence-electron chi connectivity index (χ2n) is 7.45. The molecular formula is C20H29N3O2. The fraction of sp³-hybridized carbons (Fsp3) is 0.650. The number of carbonyl (C=O) groups excluding carboxylic acids is 2. The summed E-state index contributed by atoms with van der Waals surface area (Å²) < 4.78 is 0. The van der Waals surface area contributed by atoms with E-state index in [4.69, 9.17) is 0 Å². The smallest absolute Gasteiger partial charge is 0.229 e. The molecule has 1 aliphatic heterocycles. The van der Waals surface area contributed by atoms with E-state index in [2.05, 4.69) is 9.88 Å². The third kappa shape index (κ3) is 3.70. The molecule has 0 N–H and O–H groups in total. The topological polar surface area (TPSA) is 53.5 Å². The number of aromatic nitrogens is 1. The molecule has 1 aromatic heterocycles. The summed E-state index contributed by atoms with van der Waals surface area (Å²) in [6.07, 6.45) is 8.73. The molecule has 25 heavy (non-hydrogen) atoms. The minimum absolute atomic E-state index is 0.0579. The Balaban J connectivity index is 1.81. The Hall–Kier alpha value is -1.91. The Morgan fingerprint density at radius 2 is 2.04 bits per heavy atom. The number of rotatable bonds is 4. The number of hydrogen-bond acceptors (Lipinski definition) is 3. The first kappa shape index (κ1) is 17.9. The molecule has 1 spiro atoms. The van der Waals surface area contributed by atoms with Crippen molar-refractivity contribution in [2.75, 3.05) is 13.1 Å². The van der Waals surface area contributed by atoms with Crippen molar-refractivity contribution in [2.45, 2.75) is 70.4 Å². The lowest BCUT2D eigenvalue weighted by atomic mass is 9.79. The minimum Gasteiger partial charge on any atom is -0.338 e. The molecule has 2 amide bonds. The highest BCUT2D eigenvalue weighted by molar-refractivity contribution is 5.80. The first-order chi connectivity index (χ1) is 12.1. The summed E-state index contributed by atoms with van der Waals surface area (Å²) in [5.41, 5.74) is 0.762. The molecule has 2 heterocycles. The second-order valence-corrected chi connectivity index (χ2v) is 7.45. The Morgan fingerprint density at radius 3 is 2.64 bits per heavy atom. The van der Waals surface area contributed by atoms with Crippen LogP contribution < -0.4 is 0 Å². The number of likely N-dealkylation sites (N-methyl/N-ethyl adjacent to an activating group) is 1. The van der Waals surface area contributed by atoms with E-state index in [-0.39, 0.29) is 23.4 Å². The number of carbonyl (C=O) groups is 2. The second kappa shape index (κ2) is 7.54. The van der Waals surface area contributed by atoms with E-state index in [1.54, 1.807) is 13.1 Å². The van der Waals surface area contributed by atoms with Crippen LogP contribution in [-0.4, -0.2) is 51.3 Å². The third-order valence-electron chi connectivity index (χ3n) is 5.91. The summed E-state index contributed by atoms with van der Waals surface area (Å²) in [7, 11) is 0. The van der Waals surface area contributed by atoms with Gasteiger partial charge in [-0.05, 0) is 38.3 Å². The summed E-state index contributed by atoms with van der Waals surface area (Å²) >= 11 is 0. The Labute approximate surface area is 150 Å². The first-order valence-corrected chi connectivity index (χ1v) is 9.53. The zero-order valence-electron chi connectivity index (χ0n) is 15.4. The van der Waals surface area contributed by atoms with Gasteiger partial charge in [0.15, 0.2) is 0 Å². The van der Waals surface area contributed by atoms with Crippen LogP contribution in [0.15, 0.2) is 24.4 Å². The van der Waals surface area contributed by atoms with Gasteiger partial charge in [0.2, 0.25) is 11.8 Å². The lowest BCUT2D eigenvalue weighted by molar-refractivity contribution is -0.136. The van der Waals surface area contributed by atoms with Gasteiger partial charge in [0.05, 0.1) is 12.5 Å². The zero-order valence-corrected chi connectivity index (χ0v) is 15.4. The van der Waals surface area contributed by atoms with E-state index >= 15 is 0 Å². The van der Waals surface area contributed by atoms with Gasteiger partial charge in [-0.3, -0.25) is 14.6 Å². The van der Waals surface area contributed by atoms with E-state index < -0.39 is 0 Å². The Bertz CT molecular complexity index is 611. The SMILES string of the molecule is CCN(C(C)=O)[C@H]1CN(C(=O)Cc2ccccn2)C2(CCCCC2)C1. The summed E-state index contributed by atoms with van der Waals surface area (Å²) in [6.45, 7) is 5.03. The van der Waals surface area contributed by atoms with Crippen LogP contribution in [0.1, 0.15) is 58.1 Å². The Morgan fingerprint density at radius 1 is 1.28 bits per heavy atom. The fourth-order valence-electron chi connectivity index (χ4n) is 4.77. The van der Waals surface area contributed by atoms with Crippen molar-refractivity contribution >= 4 is 11.8 Å². The van der Waals surface area contributed by atoms with Crippen LogP contribution in [-0.2, 0) is 16.0 Å². The van der Waals surface area contributed by atoms with Gasteiger partial charge >= 0.3 is 0 Å². The lowest BCUT2D eigenvalue weighted by Gasteiger charge is -2.41. The zero-order chi connectivity index (χ0) is 17.9. The van der Waals surface area contributed by atoms with Gasteiger partial charge in [-0.15, -0.1) is 0 Å². The molecule has 2 fully saturated rings. The van der Waals surface area contributed by atoms with E-state index in [1.165, 1.54) is 19.3 Å². The van der Waals surface area contributed by atoms with Crippen molar-refractivity contribution in [3.63, 3.8) is 0 Å². The molecule has 0 radical (unpaired) electrons. The number of likely N-dealkylation sites (tertiary alicyclic amines) is 1. The van der Waals surface area contributed by atoms with Crippen LogP contribution in [0.5, 0.6) is 0 Å². The predicted molar refractivity (Wildman–Crippen MR) is 96.9 cm³/mol. The van der Waals surface area contributed by atoms with Crippen LogP contribution in [0.2, 0.25) is 0 Å². The van der Waals surface area contributed by atoms with Gasteiger partial charge in [0, 0.05) is 37.4 Å². The average molecular weight is 343 g/mol. The number of nitrogens with zero attached hydrogens (tertiary/aromatic N) is 3. The number of pyridine rings is 1. The summed E-state index contributed by atoms with van der Waals surface area (Å²) in [4.78, 5) is 33.4. The van der Waals surface area contributed by atoms with E-state index in [0.717, 1.165) is 25.0 Å². The highest BCUT2D eigenvalue weighted by Gasteiger charge is 2.49. The third-order valence-corrected chi connectivity index (χ3v) is 5.91. The molecule has 1 atom stereocenters. The Kier molecular flexibility index (Phi) is 5.40. The molecule has 3 rings (SSSR count). The maximum Gasteiger partial charge on any atom is 0.229 e. The average Bonchev–Trinajstić information content (AvgIpc) is 2.95. The maximum absolute atomic E-state index is 13.1. The largest absolute Gasteiger partial charge is 0.338 e. The van der Waals surface area contributed by atoms with Crippen LogP contribution in [0, 0.1) is 0 Å². The summed E-state index contributed by atoms with van der Waals surface area (Å²) in [6, 6.07) is 5.85. The normalized spacial score (nSPS) is 22.2. The fourth-order valence-corrected chi connectivity index (χ4v) is 4.77. The standard InChI is InChI=1S/C20H29N3O2/c1-3-22(16(2)24)18-14-20(10-6-4-7-11-20)23(15-18)19(25)13-17-9-5-8-12-21-17/h5,8-9,12,18H,3-4,6-7,10-11,13-15H2,1-2H3/t18-/m1/s1. The van der Waals surface area contributed by atoms with Crippen molar-refractivity contribution in [1.29, 1.82) is 0 Å². The number of amides is 2. The van der Waals surface area contributed by atoms with Crippen molar-refractivity contribution in [3.05, 3.63) is 30.1 Å². The van der Waals surface area contributed by atoms with E-state index in [0.29, 0.717) is 19.5 Å². The molecule has 0 aromatic carbocycles. The van der Waals surface area contributed by atoms with E-state index in [9.17, 15) is 9.59 Å². The van der Waals surface area contributed by atoms with Crippen molar-refractivity contribution < 1.29 is 9.59 Å². The van der Waals surface area contributed by atoms with E-state index in [1.807, 2.05) is 30.0 Å². The number of hydrogen-bond donors (Lipinski definition) is 0. The first-order valence-electron chi connectivity index (χ1n) is 9.53. The maximum atomic E-state index is 13.1. The molecule has 0 bridgehead atoms. The van der Waals surface area contributed by atoms with Crippen molar-refractivity contribution in [3.8, 4) is 0 Å². The van der Waals surface area contributed by atoms with Gasteiger partial charge in [-0.25, -0.2) is 0 Å². The summed E-state index contributed by atoms with van der Waals surface area (Å²) in [5, 5.41) is 0. The predicted octanol–water partition coefficient (Wildman–Crippen LogP) is 2.80. The van der Waals surface area contributed by atoms with Gasteiger partial charge in [0.1, 0.15) is 0 Å². The highest BCUT2D eigenvalue weighted by Crippen LogP contribution is 2.43. The van der Waals surface area contributed by atoms with Crippen LogP contribution >= 0.6 is 0 Å². The minimum atomic E-state index is -0.0579. The monoisotopic (exact) mass is 343 g/mol. The van der Waals surface area contributed by atoms with Crippen LogP contribution in [0.25, 0.3) is 0 Å². The molecule has 1 aliphatic carbocycles. The van der Waals surface area contributed by atoms with Gasteiger partial charge in [0.25, 0.3) is 0 Å². The lowest BCUT2D eigenvalue weighted by Crippen LogP contribution is -2.49. The van der Waals surface area contributed by atoms with Gasteiger partial charge in [-0.2, -0.15) is 0 Å². The molecule has 2 aliphatic rings. The molecule has 1 saturated heterocycles. The molecule has 1 saturated carbocycles. The van der Waals surface area contributed by atoms with Gasteiger partial charge < -0.3 is 9.80 Å². The molecule has 5 heteroatoms. The van der Waals surface area contributed by atoms with Crippen LogP contribution in [0.3, 0.4) is 0 Å². The highest BCUT2D eigenvalue weighted by atomic mass is 16.2. The van der Waals surface area contributed by atoms with Crippen molar-refractivity contribution in [1.82, 2.24) is 14.8 Å². The van der Waals surface area contributed by atoms with Gasteiger partial charge in [-0.1, -0.05) is 25.3 Å². The van der Waals surface area contributed by atoms with Crippen molar-refractivity contribution in [2.24, 2.45) is 0 Å². The van der Waals surface area contributed by atoms with Crippen LogP contribution in [0.4, 0.5) is 0 Å². The molecular weight excluding hydrogens is 314 g/mol. The molecule has 0 unspecified atom stereocenters.